The maximum Gasteiger partial charge on any atom is 0.254 e. The Kier molecular flexibility index (Phi) is 6.48. The highest BCUT2D eigenvalue weighted by Crippen LogP contribution is 2.15. The van der Waals surface area contributed by atoms with Crippen LogP contribution in [0, 0.1) is 0 Å². The molecule has 1 fully saturated rings. The molecule has 0 radical (unpaired) electrons. The van der Waals surface area contributed by atoms with Crippen molar-refractivity contribution < 1.29 is 14.3 Å². The van der Waals surface area contributed by atoms with Gasteiger partial charge in [0.15, 0.2) is 0 Å². The first-order valence-corrected chi connectivity index (χ1v) is 9.42. The van der Waals surface area contributed by atoms with E-state index in [0.717, 1.165) is 30.0 Å². The number of ether oxygens (including phenoxy) is 2. The van der Waals surface area contributed by atoms with E-state index in [1.165, 1.54) is 5.56 Å². The molecule has 1 aliphatic rings. The maximum atomic E-state index is 12.7. The molecule has 1 amide bonds. The Morgan fingerprint density at radius 2 is 1.74 bits per heavy atom. The van der Waals surface area contributed by atoms with Gasteiger partial charge in [-0.3, -0.25) is 4.79 Å². The SMILES string of the molecule is COc1cccc(CNCc2ccc(C(=O)N3C[C@@H](C)O[C@@H](C)C3)cc2)c1. The van der Waals surface area contributed by atoms with Gasteiger partial charge < -0.3 is 19.7 Å². The highest BCUT2D eigenvalue weighted by atomic mass is 16.5. The smallest absolute Gasteiger partial charge is 0.254 e. The van der Waals surface area contributed by atoms with Gasteiger partial charge in [-0.15, -0.1) is 0 Å². The summed E-state index contributed by atoms with van der Waals surface area (Å²) in [4.78, 5) is 14.6. The number of nitrogens with zero attached hydrogens (tertiary/aromatic N) is 1. The molecule has 0 aliphatic carbocycles. The summed E-state index contributed by atoms with van der Waals surface area (Å²) in [5.74, 6) is 0.941. The van der Waals surface area contributed by atoms with Crippen LogP contribution in [-0.4, -0.2) is 43.2 Å². The molecule has 27 heavy (non-hydrogen) atoms. The molecule has 5 heteroatoms. The van der Waals surface area contributed by atoms with Crippen LogP contribution in [0.15, 0.2) is 48.5 Å². The van der Waals surface area contributed by atoms with Crippen molar-refractivity contribution in [3.05, 3.63) is 65.2 Å². The highest BCUT2D eigenvalue weighted by molar-refractivity contribution is 5.94. The molecular formula is C22H28N2O3. The largest absolute Gasteiger partial charge is 0.497 e. The quantitative estimate of drug-likeness (QED) is 0.850. The zero-order valence-corrected chi connectivity index (χ0v) is 16.3. The third-order valence-corrected chi connectivity index (χ3v) is 4.70. The van der Waals surface area contributed by atoms with Crippen LogP contribution >= 0.6 is 0 Å². The van der Waals surface area contributed by atoms with Crippen LogP contribution in [0.25, 0.3) is 0 Å². The summed E-state index contributed by atoms with van der Waals surface area (Å²) in [5.41, 5.74) is 3.06. The number of hydrogen-bond donors (Lipinski definition) is 1. The van der Waals surface area contributed by atoms with E-state index in [4.69, 9.17) is 9.47 Å². The van der Waals surface area contributed by atoms with Gasteiger partial charge in [-0.25, -0.2) is 0 Å². The zero-order valence-electron chi connectivity index (χ0n) is 16.3. The highest BCUT2D eigenvalue weighted by Gasteiger charge is 2.26. The number of carbonyl (C=O) groups excluding carboxylic acids is 1. The standard InChI is InChI=1S/C22H28N2O3/c1-16-14-24(15-17(2)27-16)22(25)20-9-7-18(8-10-20)12-23-13-19-5-4-6-21(11-19)26-3/h4-11,16-17,23H,12-15H2,1-3H3/t16-,17+. The summed E-state index contributed by atoms with van der Waals surface area (Å²) in [6.45, 7) is 6.82. The minimum absolute atomic E-state index is 0.0767. The molecule has 2 atom stereocenters. The van der Waals surface area contributed by atoms with E-state index in [0.29, 0.717) is 13.1 Å². The first-order chi connectivity index (χ1) is 13.0. The molecule has 0 aromatic heterocycles. The van der Waals surface area contributed by atoms with E-state index >= 15 is 0 Å². The molecule has 0 bridgehead atoms. The second-order valence-electron chi connectivity index (χ2n) is 7.12. The number of morpholine rings is 1. The van der Waals surface area contributed by atoms with Gasteiger partial charge in [-0.1, -0.05) is 24.3 Å². The van der Waals surface area contributed by atoms with Crippen LogP contribution in [0.1, 0.15) is 35.3 Å². The van der Waals surface area contributed by atoms with Crippen molar-refractivity contribution in [1.29, 1.82) is 0 Å². The fourth-order valence-electron chi connectivity index (χ4n) is 3.43. The van der Waals surface area contributed by atoms with Crippen molar-refractivity contribution in [2.45, 2.75) is 39.1 Å². The van der Waals surface area contributed by atoms with Gasteiger partial charge in [0.05, 0.1) is 19.3 Å². The maximum absolute atomic E-state index is 12.7. The number of hydrogen-bond acceptors (Lipinski definition) is 4. The predicted molar refractivity (Wildman–Crippen MR) is 106 cm³/mol. The van der Waals surface area contributed by atoms with Crippen molar-refractivity contribution in [3.8, 4) is 5.75 Å². The van der Waals surface area contributed by atoms with Gasteiger partial charge in [0.2, 0.25) is 0 Å². The second-order valence-corrected chi connectivity index (χ2v) is 7.12. The Hall–Kier alpha value is -2.37. The lowest BCUT2D eigenvalue weighted by Gasteiger charge is -2.35. The topological polar surface area (TPSA) is 50.8 Å². The zero-order chi connectivity index (χ0) is 19.2. The average Bonchev–Trinajstić information content (AvgIpc) is 2.67. The molecule has 1 heterocycles. The van der Waals surface area contributed by atoms with Crippen LogP contribution in [0.3, 0.4) is 0 Å². The van der Waals surface area contributed by atoms with Crippen LogP contribution in [0.5, 0.6) is 5.75 Å². The molecule has 1 aliphatic heterocycles. The Bertz CT molecular complexity index is 750. The number of methoxy groups -OCH3 is 1. The van der Waals surface area contributed by atoms with E-state index < -0.39 is 0 Å². The predicted octanol–water partition coefficient (Wildman–Crippen LogP) is 3.23. The van der Waals surface area contributed by atoms with Crippen LogP contribution in [-0.2, 0) is 17.8 Å². The average molecular weight is 368 g/mol. The molecule has 3 rings (SSSR count). The number of amides is 1. The lowest BCUT2D eigenvalue weighted by atomic mass is 10.1. The monoisotopic (exact) mass is 368 g/mol. The molecule has 0 spiro atoms. The lowest BCUT2D eigenvalue weighted by Crippen LogP contribution is -2.48. The van der Waals surface area contributed by atoms with Crippen molar-refractivity contribution in [3.63, 3.8) is 0 Å². The number of benzene rings is 2. The third kappa shape index (κ3) is 5.31. The van der Waals surface area contributed by atoms with E-state index in [9.17, 15) is 4.79 Å². The second kappa shape index (κ2) is 9.02. The van der Waals surface area contributed by atoms with Gasteiger partial charge in [0.25, 0.3) is 5.91 Å². The summed E-state index contributed by atoms with van der Waals surface area (Å²) in [5, 5.41) is 3.43. The minimum Gasteiger partial charge on any atom is -0.497 e. The van der Waals surface area contributed by atoms with Gasteiger partial charge in [0, 0.05) is 31.7 Å². The fourth-order valence-corrected chi connectivity index (χ4v) is 3.43. The molecule has 0 saturated carbocycles. The first kappa shape index (κ1) is 19.4. The van der Waals surface area contributed by atoms with E-state index in [2.05, 4.69) is 11.4 Å². The number of rotatable bonds is 6. The summed E-state index contributed by atoms with van der Waals surface area (Å²) in [7, 11) is 1.67. The van der Waals surface area contributed by atoms with E-state index in [1.807, 2.05) is 61.2 Å². The molecular weight excluding hydrogens is 340 g/mol. The van der Waals surface area contributed by atoms with Crippen LogP contribution in [0.2, 0.25) is 0 Å². The van der Waals surface area contributed by atoms with Crippen LogP contribution < -0.4 is 10.1 Å². The summed E-state index contributed by atoms with van der Waals surface area (Å²) in [6, 6.07) is 15.9. The molecule has 2 aromatic carbocycles. The van der Waals surface area contributed by atoms with Crippen LogP contribution in [0.4, 0.5) is 0 Å². The van der Waals surface area contributed by atoms with Gasteiger partial charge >= 0.3 is 0 Å². The molecule has 2 aromatic rings. The molecule has 5 nitrogen and oxygen atoms in total. The van der Waals surface area contributed by atoms with Crippen molar-refractivity contribution in [2.75, 3.05) is 20.2 Å². The molecule has 144 valence electrons. The summed E-state index contributed by atoms with van der Waals surface area (Å²) >= 11 is 0. The van der Waals surface area contributed by atoms with E-state index in [1.54, 1.807) is 7.11 Å². The summed E-state index contributed by atoms with van der Waals surface area (Å²) < 4.78 is 11.0. The Morgan fingerprint density at radius 3 is 2.41 bits per heavy atom. The Balaban J connectivity index is 1.53. The van der Waals surface area contributed by atoms with Crippen molar-refractivity contribution >= 4 is 5.91 Å². The Morgan fingerprint density at radius 1 is 1.07 bits per heavy atom. The summed E-state index contributed by atoms with van der Waals surface area (Å²) in [6.07, 6.45) is 0.163. The fraction of sp³-hybridized carbons (Fsp3) is 0.409. The normalized spacial score (nSPS) is 19.7. The number of carbonyl (C=O) groups is 1. The number of nitrogens with one attached hydrogen (secondary N) is 1. The third-order valence-electron chi connectivity index (χ3n) is 4.70. The molecule has 1 saturated heterocycles. The van der Waals surface area contributed by atoms with Gasteiger partial charge in [0.1, 0.15) is 5.75 Å². The first-order valence-electron chi connectivity index (χ1n) is 9.42. The minimum atomic E-state index is 0.0767. The Labute approximate surface area is 161 Å². The van der Waals surface area contributed by atoms with E-state index in [-0.39, 0.29) is 18.1 Å². The molecule has 0 unspecified atom stereocenters. The molecule has 1 N–H and O–H groups in total. The lowest BCUT2D eigenvalue weighted by molar-refractivity contribution is -0.0586. The van der Waals surface area contributed by atoms with Crippen molar-refractivity contribution in [2.24, 2.45) is 0 Å². The van der Waals surface area contributed by atoms with Crippen molar-refractivity contribution in [1.82, 2.24) is 10.2 Å². The van der Waals surface area contributed by atoms with Gasteiger partial charge in [-0.05, 0) is 49.2 Å². The van der Waals surface area contributed by atoms with Gasteiger partial charge in [-0.2, -0.15) is 0 Å².